The maximum Gasteiger partial charge on any atom is 0.406 e. The summed E-state index contributed by atoms with van der Waals surface area (Å²) < 4.78 is 43.0. The van der Waals surface area contributed by atoms with Crippen molar-refractivity contribution in [3.05, 3.63) is 34.9 Å². The summed E-state index contributed by atoms with van der Waals surface area (Å²) in [7, 11) is 0. The first kappa shape index (κ1) is 15.1. The monoisotopic (exact) mass is 307 g/mol. The number of rotatable bonds is 3. The van der Waals surface area contributed by atoms with E-state index in [1.165, 1.54) is 18.2 Å². The smallest absolute Gasteiger partial charge is 0.379 e. The standard InChI is InChI=1S/C13H13ClF3NO2/c14-10-3-1-2-9(6-10)12(19)18(8-13(15,16)17)11-4-5-20-7-11/h1-3,6,11H,4-5,7-8H2. The minimum atomic E-state index is -4.45. The highest BCUT2D eigenvalue weighted by atomic mass is 35.5. The summed E-state index contributed by atoms with van der Waals surface area (Å²) in [6.45, 7) is -0.795. The van der Waals surface area contributed by atoms with Crippen LogP contribution in [0.1, 0.15) is 16.8 Å². The summed E-state index contributed by atoms with van der Waals surface area (Å²) >= 11 is 5.77. The molecule has 1 fully saturated rings. The van der Waals surface area contributed by atoms with Crippen molar-refractivity contribution in [1.29, 1.82) is 0 Å². The molecular weight excluding hydrogens is 295 g/mol. The molecular formula is C13H13ClF3NO2. The summed E-state index contributed by atoms with van der Waals surface area (Å²) in [6.07, 6.45) is -4.04. The Bertz CT molecular complexity index is 487. The number of ether oxygens (including phenoxy) is 1. The Labute approximate surface area is 119 Å². The van der Waals surface area contributed by atoms with Gasteiger partial charge in [0.05, 0.1) is 12.6 Å². The van der Waals surface area contributed by atoms with Gasteiger partial charge < -0.3 is 9.64 Å². The van der Waals surface area contributed by atoms with Gasteiger partial charge in [0.25, 0.3) is 5.91 Å². The third-order valence-electron chi connectivity index (χ3n) is 3.03. The van der Waals surface area contributed by atoms with Crippen molar-refractivity contribution in [2.45, 2.75) is 18.6 Å². The molecule has 1 aromatic carbocycles. The van der Waals surface area contributed by atoms with Crippen LogP contribution in [0.2, 0.25) is 5.02 Å². The molecule has 110 valence electrons. The van der Waals surface area contributed by atoms with E-state index >= 15 is 0 Å². The molecule has 1 saturated heterocycles. The predicted octanol–water partition coefficient (Wildman–Crippen LogP) is 3.13. The van der Waals surface area contributed by atoms with Gasteiger partial charge in [-0.05, 0) is 24.6 Å². The van der Waals surface area contributed by atoms with Gasteiger partial charge in [0, 0.05) is 17.2 Å². The van der Waals surface area contributed by atoms with Gasteiger partial charge in [-0.3, -0.25) is 4.79 Å². The number of hydrogen-bond acceptors (Lipinski definition) is 2. The first-order chi connectivity index (χ1) is 9.37. The molecule has 0 N–H and O–H groups in total. The molecule has 0 saturated carbocycles. The average Bonchev–Trinajstić information content (AvgIpc) is 2.87. The van der Waals surface area contributed by atoms with Crippen LogP contribution in [0.4, 0.5) is 13.2 Å². The van der Waals surface area contributed by atoms with Crippen molar-refractivity contribution in [1.82, 2.24) is 4.90 Å². The molecule has 7 heteroatoms. The lowest BCUT2D eigenvalue weighted by atomic mass is 10.1. The second-order valence-electron chi connectivity index (χ2n) is 4.58. The van der Waals surface area contributed by atoms with Crippen molar-refractivity contribution < 1.29 is 22.7 Å². The van der Waals surface area contributed by atoms with Crippen LogP contribution in [0.25, 0.3) is 0 Å². The van der Waals surface area contributed by atoms with E-state index in [9.17, 15) is 18.0 Å². The lowest BCUT2D eigenvalue weighted by Gasteiger charge is -2.29. The van der Waals surface area contributed by atoms with Gasteiger partial charge in [0.2, 0.25) is 0 Å². The van der Waals surface area contributed by atoms with Crippen LogP contribution >= 0.6 is 11.6 Å². The van der Waals surface area contributed by atoms with Gasteiger partial charge in [0.1, 0.15) is 6.54 Å². The normalized spacial score (nSPS) is 19.1. The van der Waals surface area contributed by atoms with Gasteiger partial charge in [0.15, 0.2) is 0 Å². The Morgan fingerprint density at radius 1 is 1.45 bits per heavy atom. The Kier molecular flexibility index (Phi) is 4.55. The maximum absolute atomic E-state index is 12.7. The van der Waals surface area contributed by atoms with Gasteiger partial charge in [-0.1, -0.05) is 17.7 Å². The van der Waals surface area contributed by atoms with Crippen LogP contribution in [0.5, 0.6) is 0 Å². The molecule has 0 radical (unpaired) electrons. The largest absolute Gasteiger partial charge is 0.406 e. The molecule has 20 heavy (non-hydrogen) atoms. The number of amides is 1. The molecule has 0 aliphatic carbocycles. The summed E-state index contributed by atoms with van der Waals surface area (Å²) in [5.74, 6) is -0.680. The fraction of sp³-hybridized carbons (Fsp3) is 0.462. The molecule has 0 bridgehead atoms. The molecule has 1 aromatic rings. The molecule has 1 atom stereocenters. The first-order valence-electron chi connectivity index (χ1n) is 6.08. The SMILES string of the molecule is O=C(c1cccc(Cl)c1)N(CC(F)(F)F)C1CCOC1. The van der Waals surface area contributed by atoms with Gasteiger partial charge in [-0.15, -0.1) is 0 Å². The number of alkyl halides is 3. The molecule has 3 nitrogen and oxygen atoms in total. The molecule has 1 aliphatic heterocycles. The topological polar surface area (TPSA) is 29.5 Å². The molecule has 0 spiro atoms. The zero-order valence-electron chi connectivity index (χ0n) is 10.5. The zero-order chi connectivity index (χ0) is 14.8. The number of hydrogen-bond donors (Lipinski definition) is 0. The number of benzene rings is 1. The van der Waals surface area contributed by atoms with Crippen molar-refractivity contribution in [2.24, 2.45) is 0 Å². The van der Waals surface area contributed by atoms with Gasteiger partial charge in [-0.2, -0.15) is 13.2 Å². The van der Waals surface area contributed by atoms with E-state index in [2.05, 4.69) is 0 Å². The maximum atomic E-state index is 12.7. The second-order valence-corrected chi connectivity index (χ2v) is 5.01. The van der Waals surface area contributed by atoms with Crippen molar-refractivity contribution in [2.75, 3.05) is 19.8 Å². The van der Waals surface area contributed by atoms with Crippen molar-refractivity contribution >= 4 is 17.5 Å². The Balaban J connectivity index is 2.23. The molecule has 1 aliphatic rings. The zero-order valence-corrected chi connectivity index (χ0v) is 11.2. The highest BCUT2D eigenvalue weighted by molar-refractivity contribution is 6.30. The minimum Gasteiger partial charge on any atom is -0.379 e. The van der Waals surface area contributed by atoms with Crippen LogP contribution in [-0.4, -0.2) is 42.8 Å². The van der Waals surface area contributed by atoms with Crippen LogP contribution in [0.15, 0.2) is 24.3 Å². The second kappa shape index (κ2) is 6.01. The summed E-state index contributed by atoms with van der Waals surface area (Å²) in [5.41, 5.74) is 0.147. The van der Waals surface area contributed by atoms with E-state index in [0.29, 0.717) is 18.1 Å². The average molecular weight is 308 g/mol. The molecule has 1 amide bonds. The number of carbonyl (C=O) groups is 1. The summed E-state index contributed by atoms with van der Waals surface area (Å²) in [5, 5.41) is 0.311. The Morgan fingerprint density at radius 2 is 2.20 bits per heavy atom. The van der Waals surface area contributed by atoms with E-state index in [4.69, 9.17) is 16.3 Å². The van der Waals surface area contributed by atoms with Crippen LogP contribution in [-0.2, 0) is 4.74 Å². The fourth-order valence-electron chi connectivity index (χ4n) is 2.12. The van der Waals surface area contributed by atoms with Crippen molar-refractivity contribution in [3.63, 3.8) is 0 Å². The number of halogens is 4. The third-order valence-corrected chi connectivity index (χ3v) is 3.26. The van der Waals surface area contributed by atoms with Gasteiger partial charge >= 0.3 is 6.18 Å². The van der Waals surface area contributed by atoms with Crippen LogP contribution in [0, 0.1) is 0 Å². The third kappa shape index (κ3) is 3.86. The minimum absolute atomic E-state index is 0.127. The first-order valence-corrected chi connectivity index (χ1v) is 6.45. The quantitative estimate of drug-likeness (QED) is 0.858. The van der Waals surface area contributed by atoms with Crippen LogP contribution < -0.4 is 0 Å². The van der Waals surface area contributed by atoms with E-state index in [1.807, 2.05) is 0 Å². The van der Waals surface area contributed by atoms with Crippen LogP contribution in [0.3, 0.4) is 0 Å². The summed E-state index contributed by atoms with van der Waals surface area (Å²) in [4.78, 5) is 13.1. The Hall–Kier alpha value is -1.27. The van der Waals surface area contributed by atoms with E-state index in [0.717, 1.165) is 4.90 Å². The van der Waals surface area contributed by atoms with Crippen molar-refractivity contribution in [3.8, 4) is 0 Å². The lowest BCUT2D eigenvalue weighted by Crippen LogP contribution is -2.46. The predicted molar refractivity (Wildman–Crippen MR) is 67.8 cm³/mol. The molecule has 2 rings (SSSR count). The molecule has 1 unspecified atom stereocenters. The van der Waals surface area contributed by atoms with Gasteiger partial charge in [-0.25, -0.2) is 0 Å². The van der Waals surface area contributed by atoms with E-state index in [-0.39, 0.29) is 12.2 Å². The fourth-order valence-corrected chi connectivity index (χ4v) is 2.31. The molecule has 0 aromatic heterocycles. The highest BCUT2D eigenvalue weighted by Gasteiger charge is 2.38. The lowest BCUT2D eigenvalue weighted by molar-refractivity contribution is -0.144. The van der Waals surface area contributed by atoms with E-state index in [1.54, 1.807) is 6.07 Å². The highest BCUT2D eigenvalue weighted by Crippen LogP contribution is 2.24. The number of carbonyl (C=O) groups excluding carboxylic acids is 1. The van der Waals surface area contributed by atoms with E-state index < -0.39 is 24.7 Å². The summed E-state index contributed by atoms with van der Waals surface area (Å²) in [6, 6.07) is 5.36. The number of nitrogens with zero attached hydrogens (tertiary/aromatic N) is 1. The Morgan fingerprint density at radius 3 is 2.75 bits per heavy atom. The molecule has 1 heterocycles.